The van der Waals surface area contributed by atoms with Crippen LogP contribution in [0.1, 0.15) is 5.56 Å². The summed E-state index contributed by atoms with van der Waals surface area (Å²) in [5, 5.41) is 2.82. The van der Waals surface area contributed by atoms with Crippen LogP contribution in [0, 0.1) is 0 Å². The van der Waals surface area contributed by atoms with Gasteiger partial charge in [-0.05, 0) is 48.2 Å². The normalized spacial score (nSPS) is 10.1. The van der Waals surface area contributed by atoms with Crippen LogP contribution >= 0.6 is 11.8 Å². The standard InChI is InChI=1S/C17H19NO3S/c1-20-14-5-3-13(4-6-14)11-18-17(19)12-21-15-7-9-16(22-2)10-8-15/h3-10H,11-12H2,1-2H3,(H,18,19). The van der Waals surface area contributed by atoms with Gasteiger partial charge >= 0.3 is 0 Å². The van der Waals surface area contributed by atoms with Gasteiger partial charge in [0.2, 0.25) is 0 Å². The van der Waals surface area contributed by atoms with E-state index in [1.165, 1.54) is 0 Å². The summed E-state index contributed by atoms with van der Waals surface area (Å²) in [4.78, 5) is 12.9. The van der Waals surface area contributed by atoms with E-state index in [0.29, 0.717) is 12.3 Å². The summed E-state index contributed by atoms with van der Waals surface area (Å²) >= 11 is 1.67. The van der Waals surface area contributed by atoms with Gasteiger partial charge in [-0.25, -0.2) is 0 Å². The molecule has 0 fully saturated rings. The molecular weight excluding hydrogens is 298 g/mol. The van der Waals surface area contributed by atoms with E-state index >= 15 is 0 Å². The van der Waals surface area contributed by atoms with E-state index in [2.05, 4.69) is 5.32 Å². The van der Waals surface area contributed by atoms with Crippen molar-refractivity contribution in [2.24, 2.45) is 0 Å². The molecule has 0 spiro atoms. The highest BCUT2D eigenvalue weighted by Gasteiger charge is 2.03. The van der Waals surface area contributed by atoms with Gasteiger partial charge in [0.25, 0.3) is 5.91 Å². The average Bonchev–Trinajstić information content (AvgIpc) is 2.59. The topological polar surface area (TPSA) is 47.6 Å². The van der Waals surface area contributed by atoms with Crippen molar-refractivity contribution in [3.05, 3.63) is 54.1 Å². The lowest BCUT2D eigenvalue weighted by molar-refractivity contribution is -0.123. The first-order valence-corrected chi connectivity index (χ1v) is 8.10. The first kappa shape index (κ1) is 16.2. The van der Waals surface area contributed by atoms with Gasteiger partial charge in [-0.3, -0.25) is 4.79 Å². The molecule has 0 aliphatic carbocycles. The fourth-order valence-corrected chi connectivity index (χ4v) is 2.22. The minimum Gasteiger partial charge on any atom is -0.497 e. The van der Waals surface area contributed by atoms with E-state index in [-0.39, 0.29) is 12.5 Å². The Hall–Kier alpha value is -2.14. The van der Waals surface area contributed by atoms with Crippen molar-refractivity contribution in [1.29, 1.82) is 0 Å². The lowest BCUT2D eigenvalue weighted by atomic mass is 10.2. The summed E-state index contributed by atoms with van der Waals surface area (Å²) < 4.78 is 10.5. The Morgan fingerprint density at radius 1 is 1.05 bits per heavy atom. The molecule has 0 radical (unpaired) electrons. The molecular formula is C17H19NO3S. The van der Waals surface area contributed by atoms with E-state index in [4.69, 9.17) is 9.47 Å². The second-order valence-electron chi connectivity index (χ2n) is 4.59. The number of ether oxygens (including phenoxy) is 2. The van der Waals surface area contributed by atoms with E-state index in [9.17, 15) is 4.79 Å². The zero-order valence-corrected chi connectivity index (χ0v) is 13.5. The molecule has 2 aromatic carbocycles. The third kappa shape index (κ3) is 5.00. The predicted molar refractivity (Wildman–Crippen MR) is 88.6 cm³/mol. The molecule has 1 N–H and O–H groups in total. The van der Waals surface area contributed by atoms with Crippen LogP contribution in [0.2, 0.25) is 0 Å². The smallest absolute Gasteiger partial charge is 0.258 e. The zero-order chi connectivity index (χ0) is 15.8. The Bertz CT molecular complexity index is 543. The third-order valence-corrected chi connectivity index (χ3v) is 3.82. The van der Waals surface area contributed by atoms with Crippen LogP contribution in [0.3, 0.4) is 0 Å². The molecule has 0 aromatic heterocycles. The van der Waals surface area contributed by atoms with Gasteiger partial charge in [0, 0.05) is 11.4 Å². The molecule has 2 rings (SSSR count). The van der Waals surface area contributed by atoms with Crippen LogP contribution in [-0.4, -0.2) is 25.9 Å². The third-order valence-electron chi connectivity index (χ3n) is 3.08. The molecule has 0 atom stereocenters. The van der Waals surface area contributed by atoms with Crippen molar-refractivity contribution in [2.45, 2.75) is 11.4 Å². The number of methoxy groups -OCH3 is 1. The molecule has 2 aromatic rings. The number of carbonyl (C=O) groups excluding carboxylic acids is 1. The number of hydrogen-bond donors (Lipinski definition) is 1. The van der Waals surface area contributed by atoms with Gasteiger partial charge < -0.3 is 14.8 Å². The highest BCUT2D eigenvalue weighted by molar-refractivity contribution is 7.98. The van der Waals surface area contributed by atoms with Crippen LogP contribution in [-0.2, 0) is 11.3 Å². The summed E-state index contributed by atoms with van der Waals surface area (Å²) in [7, 11) is 1.62. The van der Waals surface area contributed by atoms with Gasteiger partial charge in [0.1, 0.15) is 11.5 Å². The minimum atomic E-state index is -0.148. The fourth-order valence-electron chi connectivity index (χ4n) is 1.82. The maximum absolute atomic E-state index is 11.8. The second kappa shape index (κ2) is 8.34. The van der Waals surface area contributed by atoms with Gasteiger partial charge in [-0.1, -0.05) is 12.1 Å². The number of benzene rings is 2. The number of hydrogen-bond acceptors (Lipinski definition) is 4. The summed E-state index contributed by atoms with van der Waals surface area (Å²) in [6.45, 7) is 0.479. The number of amides is 1. The molecule has 5 heteroatoms. The maximum atomic E-state index is 11.8. The molecule has 22 heavy (non-hydrogen) atoms. The van der Waals surface area contributed by atoms with Crippen LogP contribution in [0.25, 0.3) is 0 Å². The molecule has 0 saturated carbocycles. The molecule has 116 valence electrons. The Morgan fingerprint density at radius 2 is 1.68 bits per heavy atom. The van der Waals surface area contributed by atoms with Gasteiger partial charge in [-0.15, -0.1) is 11.8 Å². The fraction of sp³-hybridized carbons (Fsp3) is 0.235. The van der Waals surface area contributed by atoms with Crippen molar-refractivity contribution >= 4 is 17.7 Å². The Labute approximate surface area is 134 Å². The van der Waals surface area contributed by atoms with Crippen molar-refractivity contribution in [3.8, 4) is 11.5 Å². The summed E-state index contributed by atoms with van der Waals surface area (Å²) in [6.07, 6.45) is 2.02. The average molecular weight is 317 g/mol. The monoisotopic (exact) mass is 317 g/mol. The molecule has 0 aliphatic heterocycles. The first-order valence-electron chi connectivity index (χ1n) is 6.88. The van der Waals surface area contributed by atoms with Gasteiger partial charge in [0.05, 0.1) is 7.11 Å². The predicted octanol–water partition coefficient (Wildman–Crippen LogP) is 3.11. The summed E-state index contributed by atoms with van der Waals surface area (Å²) in [6, 6.07) is 15.2. The first-order chi connectivity index (χ1) is 10.7. The van der Waals surface area contributed by atoms with Crippen molar-refractivity contribution in [1.82, 2.24) is 5.32 Å². The van der Waals surface area contributed by atoms with Crippen molar-refractivity contribution in [3.63, 3.8) is 0 Å². The maximum Gasteiger partial charge on any atom is 0.258 e. The van der Waals surface area contributed by atoms with Crippen LogP contribution in [0.15, 0.2) is 53.4 Å². The number of carbonyl (C=O) groups is 1. The lowest BCUT2D eigenvalue weighted by Gasteiger charge is -2.08. The number of rotatable bonds is 7. The summed E-state index contributed by atoms with van der Waals surface area (Å²) in [5.41, 5.74) is 1.01. The second-order valence-corrected chi connectivity index (χ2v) is 5.47. The molecule has 0 heterocycles. The summed E-state index contributed by atoms with van der Waals surface area (Å²) in [5.74, 6) is 1.34. The highest BCUT2D eigenvalue weighted by atomic mass is 32.2. The van der Waals surface area contributed by atoms with Gasteiger partial charge in [0.15, 0.2) is 6.61 Å². The molecule has 4 nitrogen and oxygen atoms in total. The lowest BCUT2D eigenvalue weighted by Crippen LogP contribution is -2.28. The Balaban J connectivity index is 1.74. The SMILES string of the molecule is COc1ccc(CNC(=O)COc2ccc(SC)cc2)cc1. The largest absolute Gasteiger partial charge is 0.497 e. The van der Waals surface area contributed by atoms with Crippen LogP contribution in [0.5, 0.6) is 11.5 Å². The quantitative estimate of drug-likeness (QED) is 0.797. The number of thioether (sulfide) groups is 1. The molecule has 1 amide bonds. The van der Waals surface area contributed by atoms with Crippen molar-refractivity contribution in [2.75, 3.05) is 20.0 Å². The van der Waals surface area contributed by atoms with Gasteiger partial charge in [-0.2, -0.15) is 0 Å². The highest BCUT2D eigenvalue weighted by Crippen LogP contribution is 2.18. The molecule has 0 bridgehead atoms. The van der Waals surface area contributed by atoms with E-state index in [0.717, 1.165) is 16.2 Å². The number of nitrogens with one attached hydrogen (secondary N) is 1. The molecule has 0 saturated heterocycles. The minimum absolute atomic E-state index is 0.00870. The molecule has 0 aliphatic rings. The van der Waals surface area contributed by atoms with E-state index in [1.807, 2.05) is 54.8 Å². The molecule has 0 unspecified atom stereocenters. The van der Waals surface area contributed by atoms with Crippen LogP contribution in [0.4, 0.5) is 0 Å². The van der Waals surface area contributed by atoms with E-state index in [1.54, 1.807) is 18.9 Å². The Kier molecular flexibility index (Phi) is 6.15. The van der Waals surface area contributed by atoms with E-state index < -0.39 is 0 Å². The zero-order valence-electron chi connectivity index (χ0n) is 12.7. The van der Waals surface area contributed by atoms with Crippen molar-refractivity contribution < 1.29 is 14.3 Å². The Morgan fingerprint density at radius 3 is 2.27 bits per heavy atom. The van der Waals surface area contributed by atoms with Crippen LogP contribution < -0.4 is 14.8 Å².